The van der Waals surface area contributed by atoms with Gasteiger partial charge in [0.2, 0.25) is 5.78 Å². The minimum Gasteiger partial charge on any atom is -0.469 e. The molecule has 0 amide bonds. The Balaban J connectivity index is 2.14. The van der Waals surface area contributed by atoms with Gasteiger partial charge < -0.3 is 9.72 Å². The van der Waals surface area contributed by atoms with Crippen molar-refractivity contribution in [1.82, 2.24) is 9.97 Å². The number of aryl methyl sites for hydroxylation is 1. The predicted molar refractivity (Wildman–Crippen MR) is 96.1 cm³/mol. The number of carbonyl (C=O) groups excluding carboxylic acids is 2. The van der Waals surface area contributed by atoms with E-state index in [1.807, 2.05) is 13.0 Å². The van der Waals surface area contributed by atoms with Gasteiger partial charge in [0.1, 0.15) is 5.69 Å². The molecule has 0 fully saturated rings. The van der Waals surface area contributed by atoms with E-state index >= 15 is 0 Å². The van der Waals surface area contributed by atoms with Gasteiger partial charge in [-0.15, -0.1) is 0 Å². The first kappa shape index (κ1) is 17.2. The summed E-state index contributed by atoms with van der Waals surface area (Å²) in [6, 6.07) is 8.88. The highest BCUT2D eigenvalue weighted by Crippen LogP contribution is 2.27. The van der Waals surface area contributed by atoms with Crippen LogP contribution in [0.15, 0.2) is 36.5 Å². The number of rotatable bonds is 5. The summed E-state index contributed by atoms with van der Waals surface area (Å²) in [7, 11) is 1.32. The highest BCUT2D eigenvalue weighted by Gasteiger charge is 2.22. The molecule has 0 saturated heterocycles. The van der Waals surface area contributed by atoms with Gasteiger partial charge in [0.05, 0.1) is 19.2 Å². The third-order valence-corrected chi connectivity index (χ3v) is 4.34. The minimum absolute atomic E-state index is 0.00727. The van der Waals surface area contributed by atoms with Crippen LogP contribution in [0.2, 0.25) is 5.02 Å². The van der Waals surface area contributed by atoms with Crippen LogP contribution >= 0.6 is 11.6 Å². The topological polar surface area (TPSA) is 72.0 Å². The molecule has 0 aliphatic carbocycles. The first-order valence-electron chi connectivity index (χ1n) is 7.90. The molecule has 6 heteroatoms. The molecule has 3 rings (SSSR count). The maximum Gasteiger partial charge on any atom is 0.310 e. The van der Waals surface area contributed by atoms with Crippen molar-refractivity contribution in [3.05, 3.63) is 64.1 Å². The number of halogens is 1. The van der Waals surface area contributed by atoms with Gasteiger partial charge in [0.25, 0.3) is 0 Å². The first-order valence-corrected chi connectivity index (χ1v) is 8.27. The van der Waals surface area contributed by atoms with E-state index in [2.05, 4.69) is 9.97 Å². The quantitative estimate of drug-likeness (QED) is 0.558. The number of benzene rings is 1. The Morgan fingerprint density at radius 1 is 1.24 bits per heavy atom. The fraction of sp³-hybridized carbons (Fsp3) is 0.211. The highest BCUT2D eigenvalue weighted by molar-refractivity contribution is 6.31. The average Bonchev–Trinajstić information content (AvgIpc) is 2.98. The van der Waals surface area contributed by atoms with E-state index in [0.717, 1.165) is 17.4 Å². The molecule has 0 radical (unpaired) electrons. The molecule has 0 atom stereocenters. The number of carbonyl (C=O) groups is 2. The number of nitrogens with zero attached hydrogens (tertiary/aromatic N) is 1. The summed E-state index contributed by atoms with van der Waals surface area (Å²) in [6.45, 7) is 2.01. The zero-order valence-corrected chi connectivity index (χ0v) is 14.7. The van der Waals surface area contributed by atoms with Gasteiger partial charge in [-0.2, -0.15) is 0 Å². The van der Waals surface area contributed by atoms with Crippen LogP contribution in [0.5, 0.6) is 0 Å². The van der Waals surface area contributed by atoms with E-state index < -0.39 is 5.97 Å². The molecular weight excluding hydrogens is 340 g/mol. The van der Waals surface area contributed by atoms with Gasteiger partial charge in [0.15, 0.2) is 0 Å². The van der Waals surface area contributed by atoms with E-state index in [1.165, 1.54) is 7.11 Å². The Labute approximate surface area is 150 Å². The number of hydrogen-bond acceptors (Lipinski definition) is 4. The monoisotopic (exact) mass is 356 g/mol. The molecule has 128 valence electrons. The van der Waals surface area contributed by atoms with Crippen LogP contribution in [-0.4, -0.2) is 28.8 Å². The van der Waals surface area contributed by atoms with Gasteiger partial charge in [-0.05, 0) is 36.2 Å². The van der Waals surface area contributed by atoms with Crippen LogP contribution in [0.3, 0.4) is 0 Å². The number of aromatic nitrogens is 2. The molecule has 0 unspecified atom stereocenters. The number of ketones is 1. The molecular formula is C19H17ClN2O3. The van der Waals surface area contributed by atoms with E-state index in [-0.39, 0.29) is 12.2 Å². The zero-order valence-electron chi connectivity index (χ0n) is 13.9. The zero-order chi connectivity index (χ0) is 18.0. The predicted octanol–water partition coefficient (Wildman–Crippen LogP) is 3.73. The summed E-state index contributed by atoms with van der Waals surface area (Å²) >= 11 is 6.04. The normalized spacial score (nSPS) is 10.8. The molecule has 0 bridgehead atoms. The molecule has 5 nitrogen and oxygen atoms in total. The van der Waals surface area contributed by atoms with Crippen LogP contribution in [0, 0.1) is 0 Å². The first-order chi connectivity index (χ1) is 12.0. The Kier molecular flexibility index (Phi) is 4.86. The van der Waals surface area contributed by atoms with E-state index in [1.54, 1.807) is 30.5 Å². The van der Waals surface area contributed by atoms with Gasteiger partial charge in [-0.25, -0.2) is 0 Å². The van der Waals surface area contributed by atoms with Crippen molar-refractivity contribution in [2.75, 3.05) is 7.11 Å². The van der Waals surface area contributed by atoms with Crippen molar-refractivity contribution >= 4 is 34.3 Å². The van der Waals surface area contributed by atoms with Crippen LogP contribution < -0.4 is 0 Å². The maximum absolute atomic E-state index is 13.0. The molecule has 2 aromatic heterocycles. The Bertz CT molecular complexity index is 962. The summed E-state index contributed by atoms with van der Waals surface area (Å²) in [6.07, 6.45) is 2.42. The van der Waals surface area contributed by atoms with Gasteiger partial charge in [0, 0.05) is 27.7 Å². The summed E-state index contributed by atoms with van der Waals surface area (Å²) in [4.78, 5) is 32.1. The molecule has 0 aliphatic heterocycles. The minimum atomic E-state index is -0.417. The van der Waals surface area contributed by atoms with Crippen molar-refractivity contribution in [1.29, 1.82) is 0 Å². The maximum atomic E-state index is 13.0. The molecule has 3 aromatic rings. The summed E-state index contributed by atoms with van der Waals surface area (Å²) in [5.74, 6) is -0.679. The molecule has 2 heterocycles. The Morgan fingerprint density at radius 3 is 2.76 bits per heavy atom. The number of ether oxygens (including phenoxy) is 1. The number of hydrogen-bond donors (Lipinski definition) is 1. The fourth-order valence-electron chi connectivity index (χ4n) is 2.77. The SMILES string of the molecule is CCc1ccnc(C(=O)c2[nH]c3cc(Cl)ccc3c2CC(=O)OC)c1. The number of H-pyrrole nitrogens is 1. The lowest BCUT2D eigenvalue weighted by Crippen LogP contribution is -2.11. The largest absolute Gasteiger partial charge is 0.469 e. The van der Waals surface area contributed by atoms with Crippen molar-refractivity contribution in [2.24, 2.45) is 0 Å². The van der Waals surface area contributed by atoms with Crippen LogP contribution in [0.25, 0.3) is 10.9 Å². The Morgan fingerprint density at radius 2 is 2.04 bits per heavy atom. The van der Waals surface area contributed by atoms with Crippen molar-refractivity contribution in [3.8, 4) is 0 Å². The van der Waals surface area contributed by atoms with Gasteiger partial charge >= 0.3 is 5.97 Å². The van der Waals surface area contributed by atoms with Crippen LogP contribution in [0.1, 0.15) is 34.2 Å². The summed E-state index contributed by atoms with van der Waals surface area (Å²) in [5, 5.41) is 1.31. The number of esters is 1. The lowest BCUT2D eigenvalue weighted by Gasteiger charge is -2.05. The summed E-state index contributed by atoms with van der Waals surface area (Å²) < 4.78 is 4.77. The molecule has 25 heavy (non-hydrogen) atoms. The summed E-state index contributed by atoms with van der Waals surface area (Å²) in [5.41, 5.74) is 2.98. The number of methoxy groups -OCH3 is 1. The van der Waals surface area contributed by atoms with E-state index in [9.17, 15) is 9.59 Å². The molecule has 1 N–H and O–H groups in total. The third-order valence-electron chi connectivity index (χ3n) is 4.11. The van der Waals surface area contributed by atoms with Gasteiger partial charge in [-0.1, -0.05) is 24.6 Å². The van der Waals surface area contributed by atoms with E-state index in [0.29, 0.717) is 27.5 Å². The number of nitrogens with one attached hydrogen (secondary N) is 1. The molecule has 0 aliphatic rings. The van der Waals surface area contributed by atoms with Crippen LogP contribution in [0.4, 0.5) is 0 Å². The number of pyridine rings is 1. The third kappa shape index (κ3) is 3.42. The van der Waals surface area contributed by atoms with Crippen molar-refractivity contribution in [3.63, 3.8) is 0 Å². The smallest absolute Gasteiger partial charge is 0.310 e. The lowest BCUT2D eigenvalue weighted by molar-refractivity contribution is -0.139. The lowest BCUT2D eigenvalue weighted by atomic mass is 10.0. The number of fused-ring (bicyclic) bond motifs is 1. The molecule has 0 saturated carbocycles. The standard InChI is InChI=1S/C19H17ClN2O3/c1-3-11-6-7-21-16(8-11)19(24)18-14(10-17(23)25-2)13-5-4-12(20)9-15(13)22-18/h4-9,22H,3,10H2,1-2H3. The van der Waals surface area contributed by atoms with Crippen LogP contribution in [-0.2, 0) is 22.4 Å². The molecule has 0 spiro atoms. The average molecular weight is 357 g/mol. The second-order valence-electron chi connectivity index (χ2n) is 5.65. The number of aromatic amines is 1. The van der Waals surface area contributed by atoms with Gasteiger partial charge in [-0.3, -0.25) is 14.6 Å². The van der Waals surface area contributed by atoms with Crippen molar-refractivity contribution < 1.29 is 14.3 Å². The second kappa shape index (κ2) is 7.07. The highest BCUT2D eigenvalue weighted by atomic mass is 35.5. The van der Waals surface area contributed by atoms with Crippen molar-refractivity contribution in [2.45, 2.75) is 19.8 Å². The fourth-order valence-corrected chi connectivity index (χ4v) is 2.94. The second-order valence-corrected chi connectivity index (χ2v) is 6.09. The Hall–Kier alpha value is -2.66. The molecule has 1 aromatic carbocycles. The van der Waals surface area contributed by atoms with E-state index in [4.69, 9.17) is 16.3 Å².